The molecule has 258 valence electrons. The Kier molecular flexibility index (Phi) is 10.6. The maximum Gasteiger partial charge on any atom is 0.471 e. The van der Waals surface area contributed by atoms with Crippen molar-refractivity contribution < 1.29 is 32.2 Å². The third-order valence-electron chi connectivity index (χ3n) is 8.21. The van der Waals surface area contributed by atoms with Gasteiger partial charge in [0.15, 0.2) is 5.82 Å². The predicted octanol–water partition coefficient (Wildman–Crippen LogP) is 3.91. The van der Waals surface area contributed by atoms with Gasteiger partial charge in [-0.2, -0.15) is 13.2 Å². The van der Waals surface area contributed by atoms with E-state index in [9.17, 15) is 23.1 Å². The van der Waals surface area contributed by atoms with Crippen LogP contribution in [0.1, 0.15) is 39.0 Å². The normalized spacial score (nSPS) is 18.4. The molecule has 1 amide bonds. The Hall–Kier alpha value is -4.55. The first-order valence-corrected chi connectivity index (χ1v) is 17.6. The van der Waals surface area contributed by atoms with Crippen LogP contribution in [0.4, 0.5) is 19.0 Å². The highest BCUT2D eigenvalue weighted by Crippen LogP contribution is 2.39. The number of hydrogen-bond acceptors (Lipinski definition) is 7. The van der Waals surface area contributed by atoms with Gasteiger partial charge in [0.2, 0.25) is 0 Å². The highest BCUT2D eigenvalue weighted by atomic mass is 28.4. The third-order valence-corrected chi connectivity index (χ3v) is 13.2. The average molecular weight is 693 g/mol. The van der Waals surface area contributed by atoms with Crippen LogP contribution in [0.25, 0.3) is 11.0 Å². The van der Waals surface area contributed by atoms with Crippen molar-refractivity contribution in [3.63, 3.8) is 0 Å². The second-order valence-electron chi connectivity index (χ2n) is 12.9. The fourth-order valence-electron chi connectivity index (χ4n) is 6.02. The van der Waals surface area contributed by atoms with Gasteiger partial charge in [0.1, 0.15) is 24.3 Å². The maximum absolute atomic E-state index is 12.7. The summed E-state index contributed by atoms with van der Waals surface area (Å²) in [6.07, 6.45) is -2.48. The zero-order chi connectivity index (χ0) is 35.4. The number of nitrogens with zero attached hydrogens (tertiary/aromatic N) is 5. The lowest BCUT2D eigenvalue weighted by atomic mass is 10.2. The first kappa shape index (κ1) is 35.7. The second-order valence-corrected chi connectivity index (χ2v) is 17.2. The third kappa shape index (κ3) is 7.70. The molecule has 49 heavy (non-hydrogen) atoms. The van der Waals surface area contributed by atoms with Crippen LogP contribution >= 0.6 is 0 Å². The number of amides is 1. The Morgan fingerprint density at radius 1 is 1.12 bits per heavy atom. The number of hydrogen-bond donors (Lipinski definition) is 2. The van der Waals surface area contributed by atoms with E-state index in [1.54, 1.807) is 41.4 Å². The second kappa shape index (κ2) is 14.5. The molecule has 2 aromatic carbocycles. The first-order chi connectivity index (χ1) is 23.2. The number of carbonyl (C=O) groups is 1. The maximum atomic E-state index is 12.7. The Morgan fingerprint density at radius 2 is 1.76 bits per heavy atom. The van der Waals surface area contributed by atoms with Gasteiger partial charge in [-0.05, 0) is 15.4 Å². The monoisotopic (exact) mass is 692 g/mol. The number of aliphatic hydroxyl groups is 1. The highest BCUT2D eigenvalue weighted by molar-refractivity contribution is 6.99. The molecule has 0 radical (unpaired) electrons. The van der Waals surface area contributed by atoms with Crippen molar-refractivity contribution in [2.75, 3.05) is 27.2 Å². The number of aliphatic imine (C=N–C) groups is 1. The summed E-state index contributed by atoms with van der Waals surface area (Å²) in [5.41, 5.74) is 0.781. The lowest BCUT2D eigenvalue weighted by molar-refractivity contribution is -0.173. The standard InChI is InChI=1S/C35H39F3N6O4Si/c1-34(2,3)49(25-14-8-6-9-15-25,26-16-10-7-11-17-26)47-21-28-27(45)19-29(48-28)44-20-24(13-12-18-39-33(46)35(36,37)38)30-31(42-23-43(4)5)40-22-41-32(30)44/h6-11,14-17,20,22-23,27-29,45H,18-19,21H2,1-5H3,(H,39,46). The van der Waals surface area contributed by atoms with Crippen molar-refractivity contribution in [2.24, 2.45) is 4.99 Å². The molecule has 10 nitrogen and oxygen atoms in total. The van der Waals surface area contributed by atoms with Gasteiger partial charge in [-0.3, -0.25) is 4.79 Å². The number of alkyl halides is 3. The molecule has 0 spiro atoms. The Balaban J connectivity index is 1.46. The van der Waals surface area contributed by atoms with Crippen LogP contribution in [-0.4, -0.2) is 90.7 Å². The number of ether oxygens (including phenoxy) is 1. The molecule has 5 rings (SSSR count). The lowest BCUT2D eigenvalue weighted by Crippen LogP contribution is -2.67. The van der Waals surface area contributed by atoms with Gasteiger partial charge in [0.05, 0.1) is 36.5 Å². The fraction of sp³-hybridized carbons (Fsp3) is 0.371. The van der Waals surface area contributed by atoms with Crippen LogP contribution < -0.4 is 15.7 Å². The number of nitrogens with one attached hydrogen (secondary N) is 1. The summed E-state index contributed by atoms with van der Waals surface area (Å²) in [5.74, 6) is 3.61. The van der Waals surface area contributed by atoms with Crippen molar-refractivity contribution in [3.05, 3.63) is 78.8 Å². The van der Waals surface area contributed by atoms with Crippen LogP contribution in [0, 0.1) is 11.8 Å². The molecule has 1 fully saturated rings. The molecule has 1 aliphatic rings. The molecule has 0 bridgehead atoms. The number of halogens is 3. The number of fused-ring (bicyclic) bond motifs is 1. The van der Waals surface area contributed by atoms with Crippen molar-refractivity contribution in [2.45, 2.75) is 56.8 Å². The minimum absolute atomic E-state index is 0.128. The topological polar surface area (TPSA) is 114 Å². The largest absolute Gasteiger partial charge is 0.471 e. The summed E-state index contributed by atoms with van der Waals surface area (Å²) < 4.78 is 53.2. The molecule has 3 atom stereocenters. The van der Waals surface area contributed by atoms with Crippen molar-refractivity contribution in [3.8, 4) is 11.8 Å². The average Bonchev–Trinajstić information content (AvgIpc) is 3.62. The van der Waals surface area contributed by atoms with E-state index in [4.69, 9.17) is 9.16 Å². The summed E-state index contributed by atoms with van der Waals surface area (Å²) in [6.45, 7) is 6.12. The molecule has 1 aliphatic heterocycles. The van der Waals surface area contributed by atoms with Gasteiger partial charge in [0.25, 0.3) is 8.32 Å². The van der Waals surface area contributed by atoms with Crippen LogP contribution in [0.2, 0.25) is 5.04 Å². The van der Waals surface area contributed by atoms with Crippen LogP contribution in [0.3, 0.4) is 0 Å². The molecule has 14 heteroatoms. The van der Waals surface area contributed by atoms with Crippen molar-refractivity contribution >= 4 is 47.8 Å². The highest BCUT2D eigenvalue weighted by Gasteiger charge is 2.51. The van der Waals surface area contributed by atoms with E-state index < -0.39 is 45.4 Å². The van der Waals surface area contributed by atoms with E-state index in [0.717, 1.165) is 10.4 Å². The Labute approximate surface area is 284 Å². The van der Waals surface area contributed by atoms with E-state index in [-0.39, 0.29) is 23.9 Å². The number of aromatic nitrogens is 3. The zero-order valence-corrected chi connectivity index (χ0v) is 28.9. The van der Waals surface area contributed by atoms with E-state index >= 15 is 0 Å². The molecule has 0 aliphatic carbocycles. The van der Waals surface area contributed by atoms with E-state index in [0.29, 0.717) is 16.6 Å². The smallest absolute Gasteiger partial charge is 0.405 e. The number of rotatable bonds is 9. The number of carbonyl (C=O) groups excluding carboxylic acids is 1. The number of benzene rings is 2. The molecule has 3 heterocycles. The van der Waals surface area contributed by atoms with Gasteiger partial charge in [0, 0.05) is 26.7 Å². The van der Waals surface area contributed by atoms with E-state index in [2.05, 4.69) is 71.8 Å². The Bertz CT molecular complexity index is 1810. The van der Waals surface area contributed by atoms with Crippen LogP contribution in [0.5, 0.6) is 0 Å². The molecule has 4 aromatic rings. The quantitative estimate of drug-likeness (QED) is 0.118. The summed E-state index contributed by atoms with van der Waals surface area (Å²) >= 11 is 0. The summed E-state index contributed by atoms with van der Waals surface area (Å²) in [6, 6.07) is 20.4. The van der Waals surface area contributed by atoms with Crippen LogP contribution in [-0.2, 0) is 14.0 Å². The van der Waals surface area contributed by atoms with Crippen molar-refractivity contribution in [1.29, 1.82) is 0 Å². The number of aliphatic hydroxyl groups excluding tert-OH is 1. The predicted molar refractivity (Wildman–Crippen MR) is 183 cm³/mol. The van der Waals surface area contributed by atoms with Gasteiger partial charge in [-0.15, -0.1) is 0 Å². The molecular weight excluding hydrogens is 654 g/mol. The van der Waals surface area contributed by atoms with E-state index in [1.165, 1.54) is 6.33 Å². The summed E-state index contributed by atoms with van der Waals surface area (Å²) in [5, 5.41) is 15.4. The lowest BCUT2D eigenvalue weighted by Gasteiger charge is -2.43. The van der Waals surface area contributed by atoms with Gasteiger partial charge in [-0.1, -0.05) is 93.3 Å². The zero-order valence-electron chi connectivity index (χ0n) is 27.9. The van der Waals surface area contributed by atoms with Gasteiger partial charge < -0.3 is 29.1 Å². The van der Waals surface area contributed by atoms with E-state index in [1.807, 2.05) is 36.4 Å². The van der Waals surface area contributed by atoms with Gasteiger partial charge >= 0.3 is 12.1 Å². The molecule has 3 unspecified atom stereocenters. The minimum atomic E-state index is -5.02. The SMILES string of the molecule is CN(C)C=Nc1ncnc2c1c(C#CCNC(=O)C(F)(F)F)cn2C1CC(O)C(CO[Si](c2ccccc2)(c2ccccc2)C(C)(C)C)O1. The first-order valence-electron chi connectivity index (χ1n) is 15.7. The van der Waals surface area contributed by atoms with Crippen molar-refractivity contribution in [1.82, 2.24) is 24.8 Å². The molecule has 2 N–H and O–H groups in total. The molecule has 1 saturated heterocycles. The Morgan fingerprint density at radius 3 is 2.33 bits per heavy atom. The minimum Gasteiger partial charge on any atom is -0.405 e. The summed E-state index contributed by atoms with van der Waals surface area (Å²) in [7, 11) is 0.674. The summed E-state index contributed by atoms with van der Waals surface area (Å²) in [4.78, 5) is 26.2. The van der Waals surface area contributed by atoms with Crippen LogP contribution in [0.15, 0.2) is 78.2 Å². The van der Waals surface area contributed by atoms with Gasteiger partial charge in [-0.25, -0.2) is 15.0 Å². The molecular formula is C35H39F3N6O4Si. The fourth-order valence-corrected chi connectivity index (χ4v) is 10.6. The molecule has 2 aromatic heterocycles. The molecule has 0 saturated carbocycles.